The van der Waals surface area contributed by atoms with Gasteiger partial charge in [-0.2, -0.15) is 0 Å². The Balaban J connectivity index is 1.94. The number of ether oxygens (including phenoxy) is 1. The second-order valence-corrected chi connectivity index (χ2v) is 7.25. The first-order valence-electron chi connectivity index (χ1n) is 8.85. The van der Waals surface area contributed by atoms with Crippen molar-refractivity contribution in [2.45, 2.75) is 45.8 Å². The van der Waals surface area contributed by atoms with Crippen molar-refractivity contribution in [3.8, 4) is 5.75 Å². The molecule has 0 saturated carbocycles. The van der Waals surface area contributed by atoms with E-state index < -0.39 is 0 Å². The van der Waals surface area contributed by atoms with Gasteiger partial charge in [0.1, 0.15) is 11.4 Å². The molecular weight excluding hydrogens is 316 g/mol. The molecule has 1 heterocycles. The van der Waals surface area contributed by atoms with Crippen molar-refractivity contribution >= 4 is 11.9 Å². The van der Waals surface area contributed by atoms with Crippen LogP contribution in [0.1, 0.15) is 45.7 Å². The van der Waals surface area contributed by atoms with Crippen LogP contribution in [0.25, 0.3) is 0 Å². The fourth-order valence-corrected chi connectivity index (χ4v) is 2.86. The Morgan fingerprint density at radius 3 is 2.64 bits per heavy atom. The molecule has 1 aliphatic rings. The van der Waals surface area contributed by atoms with Crippen LogP contribution in [0.15, 0.2) is 29.3 Å². The lowest BCUT2D eigenvalue weighted by atomic mass is 9.90. The van der Waals surface area contributed by atoms with E-state index in [0.717, 1.165) is 23.7 Å². The Bertz CT molecular complexity index is 626. The molecule has 0 fully saturated rings. The number of aliphatic imine (C=N–C) groups is 1. The summed E-state index contributed by atoms with van der Waals surface area (Å²) in [5.74, 6) is 1.69. The quantitative estimate of drug-likeness (QED) is 0.434. The molecule has 1 amide bonds. The summed E-state index contributed by atoms with van der Waals surface area (Å²) in [5, 5.41) is 9.62. The zero-order chi connectivity index (χ0) is 18.4. The van der Waals surface area contributed by atoms with Crippen LogP contribution in [0.4, 0.5) is 0 Å². The highest BCUT2D eigenvalue weighted by molar-refractivity contribution is 5.80. The fourth-order valence-electron chi connectivity index (χ4n) is 2.86. The van der Waals surface area contributed by atoms with Gasteiger partial charge in [0, 0.05) is 38.0 Å². The molecule has 0 saturated heterocycles. The van der Waals surface area contributed by atoms with Crippen LogP contribution in [0.3, 0.4) is 0 Å². The van der Waals surface area contributed by atoms with Crippen molar-refractivity contribution in [1.82, 2.24) is 16.0 Å². The van der Waals surface area contributed by atoms with E-state index in [9.17, 15) is 4.79 Å². The van der Waals surface area contributed by atoms with Gasteiger partial charge in [0.15, 0.2) is 5.96 Å². The zero-order valence-electron chi connectivity index (χ0n) is 15.8. The Labute approximate surface area is 150 Å². The van der Waals surface area contributed by atoms with E-state index in [1.54, 1.807) is 7.05 Å². The number of nitrogens with zero attached hydrogens (tertiary/aromatic N) is 1. The van der Waals surface area contributed by atoms with Gasteiger partial charge in [0.25, 0.3) is 0 Å². The first-order valence-corrected chi connectivity index (χ1v) is 8.85. The van der Waals surface area contributed by atoms with E-state index in [4.69, 9.17) is 4.74 Å². The molecule has 0 spiro atoms. The third-order valence-corrected chi connectivity index (χ3v) is 4.15. The highest BCUT2D eigenvalue weighted by atomic mass is 16.5. The SMILES string of the molecule is CN=C(NCCNC(=O)C(C)C)NC1CC(C)(C)Oc2ccccc21. The normalized spacial score (nSPS) is 19.0. The number of hydrogen-bond donors (Lipinski definition) is 3. The standard InChI is InChI=1S/C19H30N4O2/c1-13(2)17(24)21-10-11-22-18(20-5)23-15-12-19(3,4)25-16-9-7-6-8-14(15)16/h6-9,13,15H,10-12H2,1-5H3,(H,21,24)(H2,20,22,23). The van der Waals surface area contributed by atoms with E-state index in [0.29, 0.717) is 13.1 Å². The molecule has 25 heavy (non-hydrogen) atoms. The van der Waals surface area contributed by atoms with E-state index >= 15 is 0 Å². The maximum atomic E-state index is 11.6. The molecule has 2 rings (SSSR count). The summed E-state index contributed by atoms with van der Waals surface area (Å²) < 4.78 is 6.06. The summed E-state index contributed by atoms with van der Waals surface area (Å²) in [7, 11) is 1.75. The Hall–Kier alpha value is -2.24. The predicted molar refractivity (Wildman–Crippen MR) is 101 cm³/mol. The van der Waals surface area contributed by atoms with Crippen LogP contribution < -0.4 is 20.7 Å². The van der Waals surface area contributed by atoms with Crippen LogP contribution in [-0.4, -0.2) is 37.6 Å². The summed E-state index contributed by atoms with van der Waals surface area (Å²) in [5.41, 5.74) is 0.897. The van der Waals surface area contributed by atoms with Gasteiger partial charge < -0.3 is 20.7 Å². The van der Waals surface area contributed by atoms with Crippen molar-refractivity contribution in [3.63, 3.8) is 0 Å². The van der Waals surface area contributed by atoms with E-state index in [1.807, 2.05) is 32.0 Å². The molecule has 138 valence electrons. The largest absolute Gasteiger partial charge is 0.487 e. The molecule has 0 aliphatic carbocycles. The first-order chi connectivity index (χ1) is 11.8. The zero-order valence-corrected chi connectivity index (χ0v) is 15.8. The number of hydrogen-bond acceptors (Lipinski definition) is 3. The Kier molecular flexibility index (Phi) is 6.28. The van der Waals surface area contributed by atoms with Gasteiger partial charge in [-0.25, -0.2) is 0 Å². The third kappa shape index (κ3) is 5.37. The summed E-state index contributed by atoms with van der Waals surface area (Å²) in [4.78, 5) is 15.9. The average Bonchev–Trinajstić information content (AvgIpc) is 2.56. The van der Waals surface area contributed by atoms with Gasteiger partial charge in [-0.3, -0.25) is 9.79 Å². The van der Waals surface area contributed by atoms with E-state index in [2.05, 4.69) is 40.9 Å². The number of nitrogens with one attached hydrogen (secondary N) is 3. The van der Waals surface area contributed by atoms with Gasteiger partial charge in [-0.15, -0.1) is 0 Å². The van der Waals surface area contributed by atoms with E-state index in [1.165, 1.54) is 0 Å². The Morgan fingerprint density at radius 2 is 1.96 bits per heavy atom. The van der Waals surface area contributed by atoms with E-state index in [-0.39, 0.29) is 23.5 Å². The third-order valence-electron chi connectivity index (χ3n) is 4.15. The van der Waals surface area contributed by atoms with Crippen molar-refractivity contribution in [3.05, 3.63) is 29.8 Å². The minimum atomic E-state index is -0.240. The van der Waals surface area contributed by atoms with Crippen molar-refractivity contribution in [1.29, 1.82) is 0 Å². The van der Waals surface area contributed by atoms with Crippen molar-refractivity contribution < 1.29 is 9.53 Å². The lowest BCUT2D eigenvalue weighted by Crippen LogP contribution is -2.46. The average molecular weight is 346 g/mol. The number of amides is 1. The molecule has 0 bridgehead atoms. The number of carbonyl (C=O) groups excluding carboxylic acids is 1. The molecule has 1 aromatic rings. The van der Waals surface area contributed by atoms with Crippen molar-refractivity contribution in [2.24, 2.45) is 10.9 Å². The molecule has 3 N–H and O–H groups in total. The molecule has 1 unspecified atom stereocenters. The predicted octanol–water partition coefficient (Wildman–Crippen LogP) is 2.23. The molecule has 1 aromatic carbocycles. The lowest BCUT2D eigenvalue weighted by Gasteiger charge is -2.38. The van der Waals surface area contributed by atoms with Gasteiger partial charge in [-0.05, 0) is 19.9 Å². The topological polar surface area (TPSA) is 74.8 Å². The summed E-state index contributed by atoms with van der Waals surface area (Å²) in [6.45, 7) is 9.13. The van der Waals surface area contributed by atoms with Gasteiger partial charge in [-0.1, -0.05) is 32.0 Å². The molecule has 0 aromatic heterocycles. The van der Waals surface area contributed by atoms with Gasteiger partial charge in [0.2, 0.25) is 5.91 Å². The summed E-state index contributed by atoms with van der Waals surface area (Å²) in [6, 6.07) is 8.21. The second kappa shape index (κ2) is 8.23. The maximum Gasteiger partial charge on any atom is 0.222 e. The molecule has 1 atom stereocenters. The highest BCUT2D eigenvalue weighted by Crippen LogP contribution is 2.39. The van der Waals surface area contributed by atoms with Crippen LogP contribution in [0, 0.1) is 5.92 Å². The van der Waals surface area contributed by atoms with Crippen LogP contribution >= 0.6 is 0 Å². The molecule has 0 radical (unpaired) electrons. The molecule has 6 heteroatoms. The number of carbonyl (C=O) groups is 1. The minimum absolute atomic E-state index is 0.00147. The Morgan fingerprint density at radius 1 is 1.28 bits per heavy atom. The maximum absolute atomic E-state index is 11.6. The lowest BCUT2D eigenvalue weighted by molar-refractivity contribution is -0.123. The van der Waals surface area contributed by atoms with Crippen LogP contribution in [-0.2, 0) is 4.79 Å². The second-order valence-electron chi connectivity index (χ2n) is 7.25. The fraction of sp³-hybridized carbons (Fsp3) is 0.579. The number of fused-ring (bicyclic) bond motifs is 1. The summed E-state index contributed by atoms with van der Waals surface area (Å²) in [6.07, 6.45) is 0.842. The number of rotatable bonds is 5. The van der Waals surface area contributed by atoms with Gasteiger partial charge in [0.05, 0.1) is 6.04 Å². The van der Waals surface area contributed by atoms with Crippen LogP contribution in [0.2, 0.25) is 0 Å². The van der Waals surface area contributed by atoms with Crippen LogP contribution in [0.5, 0.6) is 5.75 Å². The number of para-hydroxylation sites is 1. The molecule has 6 nitrogen and oxygen atoms in total. The number of benzene rings is 1. The smallest absolute Gasteiger partial charge is 0.222 e. The van der Waals surface area contributed by atoms with Crippen molar-refractivity contribution in [2.75, 3.05) is 20.1 Å². The molecular formula is C19H30N4O2. The van der Waals surface area contributed by atoms with Gasteiger partial charge >= 0.3 is 0 Å². The minimum Gasteiger partial charge on any atom is -0.487 e. The first kappa shape index (κ1) is 19.1. The summed E-state index contributed by atoms with van der Waals surface area (Å²) >= 11 is 0. The highest BCUT2D eigenvalue weighted by Gasteiger charge is 2.33. The number of guanidine groups is 1. The molecule has 1 aliphatic heterocycles. The monoisotopic (exact) mass is 346 g/mol.